The molecule has 0 aliphatic carbocycles. The van der Waals surface area contributed by atoms with Gasteiger partial charge in [0.25, 0.3) is 0 Å². The largest absolute Gasteiger partial charge is 0.512 e. The van der Waals surface area contributed by atoms with Crippen LogP contribution in [0.5, 0.6) is 5.75 Å². The van der Waals surface area contributed by atoms with E-state index < -0.39 is 11.6 Å². The molecule has 0 saturated carbocycles. The number of aliphatic hydroxyl groups is 1. The van der Waals surface area contributed by atoms with Gasteiger partial charge in [0.15, 0.2) is 5.76 Å². The number of allylic oxidation sites excluding steroid dienone is 1. The molecule has 0 saturated heterocycles. The van der Waals surface area contributed by atoms with Crippen LogP contribution in [0.15, 0.2) is 57.6 Å². The van der Waals surface area contributed by atoms with E-state index in [1.54, 1.807) is 43.3 Å². The van der Waals surface area contributed by atoms with Gasteiger partial charge in [-0.05, 0) is 44.2 Å². The van der Waals surface area contributed by atoms with Gasteiger partial charge in [0.2, 0.25) is 0 Å². The molecule has 1 aromatic carbocycles. The van der Waals surface area contributed by atoms with Crippen LogP contribution in [0.4, 0.5) is 0 Å². The van der Waals surface area contributed by atoms with E-state index in [-0.39, 0.29) is 34.6 Å². The minimum atomic E-state index is -0.738. The predicted octanol–water partition coefficient (Wildman–Crippen LogP) is 3.72. The smallest absolute Gasteiger partial charge is 0.344 e. The van der Waals surface area contributed by atoms with Crippen molar-refractivity contribution in [1.29, 1.82) is 0 Å². The average molecular weight is 381 g/mol. The number of nitrogens with zero attached hydrogens (tertiary/aromatic N) is 1. The molecule has 0 aliphatic rings. The summed E-state index contributed by atoms with van der Waals surface area (Å²) in [7, 11) is 1.49. The molecule has 144 valence electrons. The number of benzene rings is 1. The van der Waals surface area contributed by atoms with E-state index in [0.29, 0.717) is 16.8 Å². The Morgan fingerprint density at radius 3 is 2.61 bits per heavy atom. The molecule has 0 radical (unpaired) electrons. The molecular formula is C21H19NO6. The maximum atomic E-state index is 12.6. The van der Waals surface area contributed by atoms with Crippen LogP contribution >= 0.6 is 0 Å². The molecule has 7 heteroatoms. The number of aliphatic hydroxyl groups excluding tert-OH is 1. The number of esters is 1. The van der Waals surface area contributed by atoms with Gasteiger partial charge in [0, 0.05) is 17.1 Å². The standard InChI is InChI=1S/C21H19NO6/c1-4-27-21(25)17(12(2)23)18-15-11-13(26-3)8-9-14(15)20(24)28-19(18)16-7-5-6-10-22-16/h5-11,23H,4H2,1-3H3/b17-12+. The van der Waals surface area contributed by atoms with Crippen LogP contribution < -0.4 is 10.4 Å². The third-order valence-electron chi connectivity index (χ3n) is 4.13. The van der Waals surface area contributed by atoms with E-state index in [1.807, 2.05) is 0 Å². The Hall–Kier alpha value is -3.61. The Labute approximate surface area is 160 Å². The molecule has 28 heavy (non-hydrogen) atoms. The first-order chi connectivity index (χ1) is 13.5. The Bertz CT molecular complexity index is 1110. The minimum absolute atomic E-state index is 0.0582. The molecule has 7 nitrogen and oxygen atoms in total. The Kier molecular flexibility index (Phi) is 5.44. The van der Waals surface area contributed by atoms with Gasteiger partial charge in [-0.2, -0.15) is 0 Å². The van der Waals surface area contributed by atoms with Crippen molar-refractivity contribution in [1.82, 2.24) is 4.98 Å². The quantitative estimate of drug-likeness (QED) is 0.408. The van der Waals surface area contributed by atoms with Crippen molar-refractivity contribution in [2.24, 2.45) is 0 Å². The molecule has 2 heterocycles. The highest BCUT2D eigenvalue weighted by atomic mass is 16.5. The SMILES string of the molecule is CCOC(=O)/C(=C(\C)O)c1c(-c2ccccn2)oc(=O)c2ccc(OC)cc12. The summed E-state index contributed by atoms with van der Waals surface area (Å²) >= 11 is 0. The zero-order valence-electron chi connectivity index (χ0n) is 15.7. The molecule has 1 N–H and O–H groups in total. The Morgan fingerprint density at radius 1 is 1.21 bits per heavy atom. The number of rotatable bonds is 5. The molecule has 0 atom stereocenters. The summed E-state index contributed by atoms with van der Waals surface area (Å²) in [5.41, 5.74) is -0.154. The first-order valence-electron chi connectivity index (χ1n) is 8.61. The lowest BCUT2D eigenvalue weighted by molar-refractivity contribution is -0.136. The molecule has 0 amide bonds. The lowest BCUT2D eigenvalue weighted by Gasteiger charge is -2.15. The second-order valence-electron chi connectivity index (χ2n) is 5.90. The van der Waals surface area contributed by atoms with Gasteiger partial charge in [0.05, 0.1) is 19.1 Å². The van der Waals surface area contributed by atoms with Crippen molar-refractivity contribution in [3.63, 3.8) is 0 Å². The van der Waals surface area contributed by atoms with Crippen LogP contribution in [-0.4, -0.2) is 29.8 Å². The van der Waals surface area contributed by atoms with Crippen LogP contribution in [0.25, 0.3) is 27.8 Å². The van der Waals surface area contributed by atoms with Crippen LogP contribution in [0.1, 0.15) is 19.4 Å². The summed E-state index contributed by atoms with van der Waals surface area (Å²) < 4.78 is 15.9. The van der Waals surface area contributed by atoms with Crippen LogP contribution in [0.2, 0.25) is 0 Å². The van der Waals surface area contributed by atoms with Crippen molar-refractivity contribution in [2.45, 2.75) is 13.8 Å². The van der Waals surface area contributed by atoms with Gasteiger partial charge >= 0.3 is 11.6 Å². The lowest BCUT2D eigenvalue weighted by atomic mass is 9.95. The number of methoxy groups -OCH3 is 1. The van der Waals surface area contributed by atoms with Crippen molar-refractivity contribution in [2.75, 3.05) is 13.7 Å². The fourth-order valence-electron chi connectivity index (χ4n) is 2.92. The molecule has 0 spiro atoms. The Morgan fingerprint density at radius 2 is 2.00 bits per heavy atom. The van der Waals surface area contributed by atoms with Gasteiger partial charge in [-0.25, -0.2) is 9.59 Å². The summed E-state index contributed by atoms with van der Waals surface area (Å²) in [6.45, 7) is 3.15. The number of ether oxygens (including phenoxy) is 2. The normalized spacial score (nSPS) is 11.8. The minimum Gasteiger partial charge on any atom is -0.512 e. The first kappa shape index (κ1) is 19.2. The summed E-state index contributed by atoms with van der Waals surface area (Å²) in [4.78, 5) is 29.4. The van der Waals surface area contributed by atoms with Crippen LogP contribution in [0.3, 0.4) is 0 Å². The number of hydrogen-bond donors (Lipinski definition) is 1. The van der Waals surface area contributed by atoms with Crippen molar-refractivity contribution < 1.29 is 23.8 Å². The fourth-order valence-corrected chi connectivity index (χ4v) is 2.92. The summed E-state index contributed by atoms with van der Waals surface area (Å²) in [5.74, 6) is -0.473. The van der Waals surface area contributed by atoms with Crippen LogP contribution in [0, 0.1) is 0 Å². The summed E-state index contributed by atoms with van der Waals surface area (Å²) in [6, 6.07) is 9.84. The molecule has 0 bridgehead atoms. The fraction of sp³-hybridized carbons (Fsp3) is 0.190. The van der Waals surface area contributed by atoms with Crippen molar-refractivity contribution in [3.8, 4) is 17.2 Å². The first-order valence-corrected chi connectivity index (χ1v) is 8.61. The zero-order chi connectivity index (χ0) is 20.3. The van der Waals surface area contributed by atoms with E-state index in [9.17, 15) is 14.7 Å². The van der Waals surface area contributed by atoms with E-state index in [4.69, 9.17) is 13.9 Å². The number of aromatic nitrogens is 1. The lowest BCUT2D eigenvalue weighted by Crippen LogP contribution is -2.13. The van der Waals surface area contributed by atoms with E-state index in [2.05, 4.69) is 4.98 Å². The number of hydrogen-bond acceptors (Lipinski definition) is 7. The molecule has 3 rings (SSSR count). The van der Waals surface area contributed by atoms with Gasteiger partial charge in [0.1, 0.15) is 22.8 Å². The number of fused-ring (bicyclic) bond motifs is 1. The predicted molar refractivity (Wildman–Crippen MR) is 104 cm³/mol. The Balaban J connectivity index is 2.49. The third kappa shape index (κ3) is 3.46. The number of carbonyl (C=O) groups excluding carboxylic acids is 1. The third-order valence-corrected chi connectivity index (χ3v) is 4.13. The molecule has 0 fully saturated rings. The zero-order valence-corrected chi connectivity index (χ0v) is 15.7. The van der Waals surface area contributed by atoms with Gasteiger partial charge in [-0.3, -0.25) is 4.98 Å². The van der Waals surface area contributed by atoms with Crippen LogP contribution in [-0.2, 0) is 9.53 Å². The number of pyridine rings is 1. The average Bonchev–Trinajstić information content (AvgIpc) is 2.70. The van der Waals surface area contributed by atoms with Gasteiger partial charge in [-0.1, -0.05) is 6.07 Å². The summed E-state index contributed by atoms with van der Waals surface area (Å²) in [5, 5.41) is 10.9. The maximum Gasteiger partial charge on any atom is 0.344 e. The topological polar surface area (TPSA) is 98.9 Å². The molecule has 0 unspecified atom stereocenters. The number of carbonyl (C=O) groups is 1. The second-order valence-corrected chi connectivity index (χ2v) is 5.90. The highest BCUT2D eigenvalue weighted by molar-refractivity contribution is 6.22. The molecule has 2 aromatic heterocycles. The van der Waals surface area contributed by atoms with E-state index >= 15 is 0 Å². The molecule has 3 aromatic rings. The highest BCUT2D eigenvalue weighted by Gasteiger charge is 2.27. The second kappa shape index (κ2) is 7.96. The molecule has 0 aliphatic heterocycles. The highest BCUT2D eigenvalue weighted by Crippen LogP contribution is 2.36. The van der Waals surface area contributed by atoms with E-state index in [0.717, 1.165) is 0 Å². The van der Waals surface area contributed by atoms with Crippen molar-refractivity contribution >= 4 is 22.3 Å². The maximum absolute atomic E-state index is 12.6. The molecular weight excluding hydrogens is 362 g/mol. The summed E-state index contributed by atoms with van der Waals surface area (Å²) in [6.07, 6.45) is 1.54. The monoisotopic (exact) mass is 381 g/mol. The van der Waals surface area contributed by atoms with Gasteiger partial charge < -0.3 is 19.0 Å². The van der Waals surface area contributed by atoms with Crippen molar-refractivity contribution in [3.05, 3.63) is 64.3 Å². The van der Waals surface area contributed by atoms with E-state index in [1.165, 1.54) is 20.2 Å². The van der Waals surface area contributed by atoms with Gasteiger partial charge in [-0.15, -0.1) is 0 Å².